The predicted molar refractivity (Wildman–Crippen MR) is 66.5 cm³/mol. The standard InChI is InChI=1S/C13H20O7/c1-4-18-13(17)9-5-6-10(19-7(2)14)11(16)12(9)20-8(3)15/h9-12,16H,4-6H2,1-3H3/t9-,10-,11+,12+/m0/s1. The van der Waals surface area contributed by atoms with Gasteiger partial charge in [0.1, 0.15) is 18.3 Å². The van der Waals surface area contributed by atoms with E-state index in [9.17, 15) is 19.5 Å². The molecule has 1 aliphatic carbocycles. The molecule has 0 aromatic heterocycles. The van der Waals surface area contributed by atoms with Crippen LogP contribution < -0.4 is 0 Å². The number of rotatable bonds is 4. The fraction of sp³-hybridized carbons (Fsp3) is 0.769. The van der Waals surface area contributed by atoms with Crippen molar-refractivity contribution in [2.24, 2.45) is 5.92 Å². The first-order chi connectivity index (χ1) is 9.36. The minimum atomic E-state index is -1.24. The summed E-state index contributed by atoms with van der Waals surface area (Å²) in [6.45, 7) is 4.28. The second-order valence-corrected chi connectivity index (χ2v) is 4.65. The van der Waals surface area contributed by atoms with Crippen molar-refractivity contribution >= 4 is 17.9 Å². The number of aliphatic hydroxyl groups excluding tert-OH is 1. The maximum Gasteiger partial charge on any atom is 0.312 e. The van der Waals surface area contributed by atoms with E-state index in [1.807, 2.05) is 0 Å². The number of carbonyl (C=O) groups is 3. The van der Waals surface area contributed by atoms with Crippen LogP contribution in [0.3, 0.4) is 0 Å². The van der Waals surface area contributed by atoms with Gasteiger partial charge in [0.05, 0.1) is 12.5 Å². The summed E-state index contributed by atoms with van der Waals surface area (Å²) in [7, 11) is 0. The number of hydrogen-bond acceptors (Lipinski definition) is 7. The van der Waals surface area contributed by atoms with Crippen LogP contribution in [0.2, 0.25) is 0 Å². The zero-order valence-corrected chi connectivity index (χ0v) is 11.8. The van der Waals surface area contributed by atoms with E-state index >= 15 is 0 Å². The van der Waals surface area contributed by atoms with Crippen LogP contribution in [0.4, 0.5) is 0 Å². The molecule has 1 N–H and O–H groups in total. The Hall–Kier alpha value is -1.63. The number of ether oxygens (including phenoxy) is 3. The van der Waals surface area contributed by atoms with Crippen LogP contribution >= 0.6 is 0 Å². The molecule has 0 aromatic rings. The number of esters is 3. The third kappa shape index (κ3) is 4.19. The minimum absolute atomic E-state index is 0.200. The van der Waals surface area contributed by atoms with E-state index in [2.05, 4.69) is 0 Å². The number of carbonyl (C=O) groups excluding carboxylic acids is 3. The smallest absolute Gasteiger partial charge is 0.312 e. The number of hydrogen-bond donors (Lipinski definition) is 1. The summed E-state index contributed by atoms with van der Waals surface area (Å²) in [4.78, 5) is 33.9. The second kappa shape index (κ2) is 7.23. The monoisotopic (exact) mass is 288 g/mol. The van der Waals surface area contributed by atoms with Gasteiger partial charge < -0.3 is 19.3 Å². The molecule has 0 saturated heterocycles. The van der Waals surface area contributed by atoms with E-state index < -0.39 is 42.1 Å². The van der Waals surface area contributed by atoms with Crippen molar-refractivity contribution < 1.29 is 33.7 Å². The molecule has 0 bridgehead atoms. The second-order valence-electron chi connectivity index (χ2n) is 4.65. The van der Waals surface area contributed by atoms with Crippen LogP contribution in [0.5, 0.6) is 0 Å². The Bertz CT molecular complexity index is 379. The first-order valence-electron chi connectivity index (χ1n) is 6.56. The zero-order chi connectivity index (χ0) is 15.3. The van der Waals surface area contributed by atoms with Crippen molar-refractivity contribution in [3.05, 3.63) is 0 Å². The van der Waals surface area contributed by atoms with Crippen molar-refractivity contribution in [2.45, 2.75) is 51.9 Å². The Balaban J connectivity index is 2.85. The molecule has 1 aliphatic rings. The van der Waals surface area contributed by atoms with Gasteiger partial charge in [-0.3, -0.25) is 14.4 Å². The van der Waals surface area contributed by atoms with Gasteiger partial charge in [0.15, 0.2) is 0 Å². The van der Waals surface area contributed by atoms with Crippen LogP contribution in [-0.2, 0) is 28.6 Å². The van der Waals surface area contributed by atoms with Gasteiger partial charge in [-0.2, -0.15) is 0 Å². The van der Waals surface area contributed by atoms with E-state index in [0.717, 1.165) is 0 Å². The molecule has 114 valence electrons. The van der Waals surface area contributed by atoms with Crippen LogP contribution in [0.1, 0.15) is 33.6 Å². The van der Waals surface area contributed by atoms with Gasteiger partial charge in [0.2, 0.25) is 0 Å². The molecular formula is C13H20O7. The van der Waals surface area contributed by atoms with Crippen molar-refractivity contribution in [3.8, 4) is 0 Å². The Morgan fingerprint density at radius 3 is 2.20 bits per heavy atom. The Kier molecular flexibility index (Phi) is 5.94. The van der Waals surface area contributed by atoms with Gasteiger partial charge in [-0.1, -0.05) is 0 Å². The maximum atomic E-state index is 11.8. The summed E-state index contributed by atoms with van der Waals surface area (Å²) in [6, 6.07) is 0. The Morgan fingerprint density at radius 1 is 1.10 bits per heavy atom. The highest BCUT2D eigenvalue weighted by atomic mass is 16.6. The molecule has 1 rings (SSSR count). The van der Waals surface area contributed by atoms with Crippen molar-refractivity contribution in [3.63, 3.8) is 0 Å². The van der Waals surface area contributed by atoms with Crippen molar-refractivity contribution in [1.82, 2.24) is 0 Å². The Labute approximate surface area is 117 Å². The molecular weight excluding hydrogens is 268 g/mol. The average molecular weight is 288 g/mol. The van der Waals surface area contributed by atoms with E-state index in [1.165, 1.54) is 13.8 Å². The van der Waals surface area contributed by atoms with Crippen LogP contribution in [0.15, 0.2) is 0 Å². The molecule has 1 fully saturated rings. The van der Waals surface area contributed by atoms with Gasteiger partial charge >= 0.3 is 17.9 Å². The first-order valence-corrected chi connectivity index (χ1v) is 6.56. The van der Waals surface area contributed by atoms with E-state index in [0.29, 0.717) is 12.8 Å². The molecule has 0 aromatic carbocycles. The van der Waals surface area contributed by atoms with Gasteiger partial charge in [-0.15, -0.1) is 0 Å². The summed E-state index contributed by atoms with van der Waals surface area (Å²) < 4.78 is 14.9. The molecule has 1 saturated carbocycles. The van der Waals surface area contributed by atoms with Crippen LogP contribution in [0.25, 0.3) is 0 Å². The molecule has 0 radical (unpaired) electrons. The molecule has 0 heterocycles. The summed E-state index contributed by atoms with van der Waals surface area (Å²) >= 11 is 0. The van der Waals surface area contributed by atoms with E-state index in [-0.39, 0.29) is 6.61 Å². The zero-order valence-electron chi connectivity index (χ0n) is 11.8. The fourth-order valence-electron chi connectivity index (χ4n) is 2.31. The molecule has 7 heteroatoms. The van der Waals surface area contributed by atoms with E-state index in [1.54, 1.807) is 6.92 Å². The summed E-state index contributed by atoms with van der Waals surface area (Å²) in [5.74, 6) is -2.43. The third-order valence-electron chi connectivity index (χ3n) is 3.09. The SMILES string of the molecule is CCOC(=O)[C@H]1CC[C@H](OC(C)=O)[C@@H](O)[C@@H]1OC(C)=O. The van der Waals surface area contributed by atoms with Crippen molar-refractivity contribution in [2.75, 3.05) is 6.61 Å². The van der Waals surface area contributed by atoms with Gasteiger partial charge in [0, 0.05) is 13.8 Å². The largest absolute Gasteiger partial charge is 0.466 e. The normalized spacial score (nSPS) is 29.4. The first kappa shape index (κ1) is 16.4. The number of aliphatic hydroxyl groups is 1. The molecule has 4 atom stereocenters. The molecule has 20 heavy (non-hydrogen) atoms. The predicted octanol–water partition coefficient (Wildman–Crippen LogP) is 0.184. The third-order valence-corrected chi connectivity index (χ3v) is 3.09. The average Bonchev–Trinajstić information content (AvgIpc) is 2.33. The van der Waals surface area contributed by atoms with E-state index in [4.69, 9.17) is 14.2 Å². The summed E-state index contributed by atoms with van der Waals surface area (Å²) in [6.07, 6.45) is -2.48. The minimum Gasteiger partial charge on any atom is -0.466 e. The highest BCUT2D eigenvalue weighted by molar-refractivity contribution is 5.74. The van der Waals surface area contributed by atoms with Gasteiger partial charge in [-0.05, 0) is 19.8 Å². The molecule has 0 spiro atoms. The topological polar surface area (TPSA) is 99.1 Å². The lowest BCUT2D eigenvalue weighted by Gasteiger charge is -2.37. The van der Waals surface area contributed by atoms with Gasteiger partial charge in [-0.25, -0.2) is 0 Å². The lowest BCUT2D eigenvalue weighted by atomic mass is 9.82. The lowest BCUT2D eigenvalue weighted by molar-refractivity contribution is -0.189. The van der Waals surface area contributed by atoms with Crippen LogP contribution in [0, 0.1) is 5.92 Å². The fourth-order valence-corrected chi connectivity index (χ4v) is 2.31. The molecule has 0 aliphatic heterocycles. The van der Waals surface area contributed by atoms with Crippen molar-refractivity contribution in [1.29, 1.82) is 0 Å². The lowest BCUT2D eigenvalue weighted by Crippen LogP contribution is -2.52. The van der Waals surface area contributed by atoms with Gasteiger partial charge in [0.25, 0.3) is 0 Å². The van der Waals surface area contributed by atoms with Crippen LogP contribution in [-0.4, -0.2) is 47.9 Å². The Morgan fingerprint density at radius 2 is 1.70 bits per heavy atom. The quantitative estimate of drug-likeness (QED) is 0.582. The summed E-state index contributed by atoms with van der Waals surface area (Å²) in [5.41, 5.74) is 0. The maximum absolute atomic E-state index is 11.8. The highest BCUT2D eigenvalue weighted by Gasteiger charge is 2.46. The molecule has 7 nitrogen and oxygen atoms in total. The molecule has 0 amide bonds. The highest BCUT2D eigenvalue weighted by Crippen LogP contribution is 2.30. The molecule has 0 unspecified atom stereocenters. The summed E-state index contributed by atoms with van der Waals surface area (Å²) in [5, 5.41) is 10.2.